The Labute approximate surface area is 163 Å². The fourth-order valence-corrected chi connectivity index (χ4v) is 4.48. The molecule has 3 aromatic rings. The summed E-state index contributed by atoms with van der Waals surface area (Å²) in [5, 5.41) is 1.98. The summed E-state index contributed by atoms with van der Waals surface area (Å²) in [6.07, 6.45) is 0. The van der Waals surface area contributed by atoms with Crippen LogP contribution in [0.25, 0.3) is 0 Å². The lowest BCUT2D eigenvalue weighted by Crippen LogP contribution is -2.29. The van der Waals surface area contributed by atoms with Crippen LogP contribution in [0.3, 0.4) is 0 Å². The molecule has 3 rings (SSSR count). The monoisotopic (exact) mass is 400 g/mol. The third-order valence-electron chi connectivity index (χ3n) is 4.29. The van der Waals surface area contributed by atoms with Gasteiger partial charge in [-0.1, -0.05) is 24.3 Å². The molecule has 0 saturated carbocycles. The zero-order chi connectivity index (χ0) is 19.4. The van der Waals surface area contributed by atoms with Gasteiger partial charge in [0.05, 0.1) is 10.9 Å². The highest BCUT2D eigenvalue weighted by Gasteiger charge is 2.21. The molecule has 0 bridgehead atoms. The quantitative estimate of drug-likeness (QED) is 0.668. The van der Waals surface area contributed by atoms with Crippen LogP contribution in [0.1, 0.15) is 28.2 Å². The molecule has 1 aromatic heterocycles. The van der Waals surface area contributed by atoms with Crippen LogP contribution in [0.4, 0.5) is 5.69 Å². The minimum absolute atomic E-state index is 0.0549. The first-order chi connectivity index (χ1) is 12.9. The number of amides is 1. The van der Waals surface area contributed by atoms with Crippen molar-refractivity contribution in [3.63, 3.8) is 0 Å². The first-order valence-electron chi connectivity index (χ1n) is 8.37. The average molecular weight is 401 g/mol. The Morgan fingerprint density at radius 1 is 1.00 bits per heavy atom. The van der Waals surface area contributed by atoms with Crippen molar-refractivity contribution in [3.05, 3.63) is 82.6 Å². The van der Waals surface area contributed by atoms with Crippen molar-refractivity contribution in [2.75, 3.05) is 11.8 Å². The molecule has 0 aliphatic rings. The van der Waals surface area contributed by atoms with Gasteiger partial charge in [-0.25, -0.2) is 8.42 Å². The second-order valence-electron chi connectivity index (χ2n) is 6.10. The predicted octanol–water partition coefficient (Wildman–Crippen LogP) is 4.38. The molecule has 27 heavy (non-hydrogen) atoms. The summed E-state index contributed by atoms with van der Waals surface area (Å²) in [6, 6.07) is 18.5. The standard InChI is InChI=1S/C20H20N2O3S2/c1-15(19-9-6-14-26-19)22(2)20(23)16-10-12-18(13-11-16)27(24,25)21-17-7-4-3-5-8-17/h3-15,21H,1-2H3. The minimum Gasteiger partial charge on any atom is -0.334 e. The van der Waals surface area contributed by atoms with E-state index in [1.54, 1.807) is 59.7 Å². The zero-order valence-electron chi connectivity index (χ0n) is 15.0. The molecule has 1 heterocycles. The minimum atomic E-state index is -3.70. The van der Waals surface area contributed by atoms with Crippen molar-refractivity contribution in [2.45, 2.75) is 17.9 Å². The SMILES string of the molecule is CC(c1cccs1)N(C)C(=O)c1ccc(S(=O)(=O)Nc2ccccc2)cc1. The maximum atomic E-state index is 12.7. The van der Waals surface area contributed by atoms with Gasteiger partial charge in [-0.05, 0) is 54.8 Å². The molecule has 0 aliphatic heterocycles. The van der Waals surface area contributed by atoms with Gasteiger partial charge < -0.3 is 4.90 Å². The van der Waals surface area contributed by atoms with E-state index in [4.69, 9.17) is 0 Å². The van der Waals surface area contributed by atoms with Crippen molar-refractivity contribution < 1.29 is 13.2 Å². The van der Waals surface area contributed by atoms with Crippen LogP contribution in [-0.4, -0.2) is 26.3 Å². The highest BCUT2D eigenvalue weighted by molar-refractivity contribution is 7.92. The van der Waals surface area contributed by atoms with Crippen molar-refractivity contribution in [3.8, 4) is 0 Å². The number of thiophene rings is 1. The van der Waals surface area contributed by atoms with E-state index in [1.165, 1.54) is 12.1 Å². The molecule has 7 heteroatoms. The number of nitrogens with one attached hydrogen (secondary N) is 1. The van der Waals surface area contributed by atoms with Crippen molar-refractivity contribution in [2.24, 2.45) is 0 Å². The van der Waals surface area contributed by atoms with Crippen LogP contribution in [-0.2, 0) is 10.0 Å². The Hall–Kier alpha value is -2.64. The molecular formula is C20H20N2O3S2. The van der Waals surface area contributed by atoms with Gasteiger partial charge in [0.2, 0.25) is 0 Å². The summed E-state index contributed by atoms with van der Waals surface area (Å²) in [7, 11) is -1.96. The first kappa shape index (κ1) is 19.1. The lowest BCUT2D eigenvalue weighted by molar-refractivity contribution is 0.0745. The number of rotatable bonds is 6. The summed E-state index contributed by atoms with van der Waals surface area (Å²) < 4.78 is 27.5. The van der Waals surface area contributed by atoms with Gasteiger partial charge in [0.1, 0.15) is 0 Å². The van der Waals surface area contributed by atoms with Gasteiger partial charge in [0.15, 0.2) is 0 Å². The molecule has 0 aliphatic carbocycles. The van der Waals surface area contributed by atoms with E-state index in [2.05, 4.69) is 4.72 Å². The fourth-order valence-electron chi connectivity index (χ4n) is 2.60. The summed E-state index contributed by atoms with van der Waals surface area (Å²) in [5.41, 5.74) is 0.932. The third-order valence-corrected chi connectivity index (χ3v) is 6.73. The lowest BCUT2D eigenvalue weighted by Gasteiger charge is -2.24. The zero-order valence-corrected chi connectivity index (χ0v) is 16.6. The first-order valence-corrected chi connectivity index (χ1v) is 10.7. The number of carbonyl (C=O) groups excluding carboxylic acids is 1. The average Bonchev–Trinajstić information content (AvgIpc) is 3.21. The molecule has 1 atom stereocenters. The number of hydrogen-bond donors (Lipinski definition) is 1. The van der Waals surface area contributed by atoms with Crippen LogP contribution in [0, 0.1) is 0 Å². The van der Waals surface area contributed by atoms with Crippen LogP contribution < -0.4 is 4.72 Å². The molecule has 0 spiro atoms. The Bertz CT molecular complexity index is 999. The molecule has 1 N–H and O–H groups in total. The second-order valence-corrected chi connectivity index (χ2v) is 8.77. The molecule has 5 nitrogen and oxygen atoms in total. The fraction of sp³-hybridized carbons (Fsp3) is 0.150. The van der Waals surface area contributed by atoms with Gasteiger partial charge in [-0.15, -0.1) is 11.3 Å². The van der Waals surface area contributed by atoms with Gasteiger partial charge in [-0.3, -0.25) is 9.52 Å². The second kappa shape index (κ2) is 7.94. The summed E-state index contributed by atoms with van der Waals surface area (Å²) in [4.78, 5) is 15.6. The van der Waals surface area contributed by atoms with Crippen LogP contribution in [0.2, 0.25) is 0 Å². The van der Waals surface area contributed by atoms with Crippen molar-refractivity contribution >= 4 is 33.0 Å². The van der Waals surface area contributed by atoms with E-state index in [1.807, 2.05) is 30.5 Å². The largest absolute Gasteiger partial charge is 0.334 e. The maximum absolute atomic E-state index is 12.7. The summed E-state index contributed by atoms with van der Waals surface area (Å²) in [5.74, 6) is -0.157. The summed E-state index contributed by atoms with van der Waals surface area (Å²) in [6.45, 7) is 1.96. The molecule has 1 unspecified atom stereocenters. The highest BCUT2D eigenvalue weighted by atomic mass is 32.2. The van der Waals surface area contributed by atoms with E-state index in [0.29, 0.717) is 11.3 Å². The normalized spacial score (nSPS) is 12.4. The Balaban J connectivity index is 1.75. The maximum Gasteiger partial charge on any atom is 0.261 e. The topological polar surface area (TPSA) is 66.5 Å². The van der Waals surface area contributed by atoms with Crippen LogP contribution >= 0.6 is 11.3 Å². The van der Waals surface area contributed by atoms with E-state index in [0.717, 1.165) is 4.88 Å². The van der Waals surface area contributed by atoms with E-state index in [9.17, 15) is 13.2 Å². The number of carbonyl (C=O) groups is 1. The van der Waals surface area contributed by atoms with E-state index < -0.39 is 10.0 Å². The van der Waals surface area contributed by atoms with Gasteiger partial charge >= 0.3 is 0 Å². The van der Waals surface area contributed by atoms with Gasteiger partial charge in [0.25, 0.3) is 15.9 Å². The van der Waals surface area contributed by atoms with Crippen LogP contribution in [0.5, 0.6) is 0 Å². The van der Waals surface area contributed by atoms with Crippen LogP contribution in [0.15, 0.2) is 77.0 Å². The molecule has 0 saturated heterocycles. The molecule has 0 fully saturated rings. The Morgan fingerprint density at radius 3 is 2.26 bits per heavy atom. The number of para-hydroxylation sites is 1. The van der Waals surface area contributed by atoms with Gasteiger partial charge in [0, 0.05) is 23.2 Å². The number of benzene rings is 2. The molecule has 1 amide bonds. The molecule has 140 valence electrons. The number of hydrogen-bond acceptors (Lipinski definition) is 4. The van der Waals surface area contributed by atoms with E-state index >= 15 is 0 Å². The van der Waals surface area contributed by atoms with Gasteiger partial charge in [-0.2, -0.15) is 0 Å². The number of sulfonamides is 1. The predicted molar refractivity (Wildman–Crippen MR) is 109 cm³/mol. The molecule has 0 radical (unpaired) electrons. The number of nitrogens with zero attached hydrogens (tertiary/aromatic N) is 1. The molecular weight excluding hydrogens is 380 g/mol. The van der Waals surface area contributed by atoms with Crippen molar-refractivity contribution in [1.29, 1.82) is 0 Å². The molecule has 2 aromatic carbocycles. The smallest absolute Gasteiger partial charge is 0.261 e. The van der Waals surface area contributed by atoms with Crippen molar-refractivity contribution in [1.82, 2.24) is 4.90 Å². The summed E-state index contributed by atoms with van der Waals surface area (Å²) >= 11 is 1.60. The Kier molecular flexibility index (Phi) is 5.62. The highest BCUT2D eigenvalue weighted by Crippen LogP contribution is 2.25. The number of anilines is 1. The lowest BCUT2D eigenvalue weighted by atomic mass is 10.1. The third kappa shape index (κ3) is 4.37. The Morgan fingerprint density at radius 2 is 1.67 bits per heavy atom. The van der Waals surface area contributed by atoms with E-state index in [-0.39, 0.29) is 16.8 Å².